The minimum absolute atomic E-state index is 0.0381. The minimum atomic E-state index is -0.722. The number of unbranched alkanes of at least 4 members (excludes halogenated alkanes) is 1. The molecule has 0 aromatic carbocycles. The fourth-order valence-corrected chi connectivity index (χ4v) is 2.32. The van der Waals surface area contributed by atoms with Gasteiger partial charge < -0.3 is 10.2 Å². The number of carbonyl (C=O) groups excluding carboxylic acids is 2. The van der Waals surface area contributed by atoms with E-state index in [0.29, 0.717) is 18.9 Å². The first-order chi connectivity index (χ1) is 8.30. The van der Waals surface area contributed by atoms with Crippen LogP contribution in [0.4, 0.5) is 0 Å². The van der Waals surface area contributed by atoms with Crippen LogP contribution in [0.3, 0.4) is 0 Å². The molecule has 1 atom stereocenters. The maximum absolute atomic E-state index is 12.4. The summed E-state index contributed by atoms with van der Waals surface area (Å²) in [6.07, 6.45) is 2.68. The van der Waals surface area contributed by atoms with Gasteiger partial charge in [-0.05, 0) is 32.6 Å². The second kappa shape index (κ2) is 5.72. The summed E-state index contributed by atoms with van der Waals surface area (Å²) in [4.78, 5) is 26.3. The number of nitrogens with zero attached hydrogens (tertiary/aromatic N) is 1. The van der Waals surface area contributed by atoms with E-state index in [1.54, 1.807) is 4.90 Å². The van der Waals surface area contributed by atoms with Crippen LogP contribution in [0, 0.1) is 5.92 Å². The number of rotatable bonds is 5. The molecule has 1 unspecified atom stereocenters. The Morgan fingerprint density at radius 2 is 1.94 bits per heavy atom. The Balaban J connectivity index is 2.87. The molecule has 1 heterocycles. The van der Waals surface area contributed by atoms with Gasteiger partial charge in [0.25, 0.3) is 0 Å². The molecule has 0 aliphatic carbocycles. The Kier molecular flexibility index (Phi) is 4.77. The van der Waals surface area contributed by atoms with E-state index in [1.165, 1.54) is 0 Å². The summed E-state index contributed by atoms with van der Waals surface area (Å²) in [5.41, 5.74) is -0.722. The SMILES string of the molecule is CCCCN1C(=O)C(CC(C)C)NC(=O)C1(C)C. The standard InChI is InChI=1S/C14H26N2O2/c1-6-7-8-16-12(17)11(9-10(2)3)15-13(18)14(16,4)5/h10-11H,6-9H2,1-5H3,(H,15,18). The van der Waals surface area contributed by atoms with Gasteiger partial charge in [-0.25, -0.2) is 0 Å². The highest BCUT2D eigenvalue weighted by Crippen LogP contribution is 2.24. The van der Waals surface area contributed by atoms with Crippen molar-refractivity contribution >= 4 is 11.8 Å². The highest BCUT2D eigenvalue weighted by molar-refractivity contribution is 5.99. The van der Waals surface area contributed by atoms with Gasteiger partial charge in [0.2, 0.25) is 11.8 Å². The molecule has 2 amide bonds. The van der Waals surface area contributed by atoms with Gasteiger partial charge in [0, 0.05) is 6.54 Å². The lowest BCUT2D eigenvalue weighted by molar-refractivity contribution is -0.155. The van der Waals surface area contributed by atoms with Crippen LogP contribution in [-0.2, 0) is 9.59 Å². The maximum atomic E-state index is 12.4. The Hall–Kier alpha value is -1.06. The average molecular weight is 254 g/mol. The van der Waals surface area contributed by atoms with Crippen LogP contribution in [0.1, 0.15) is 53.9 Å². The smallest absolute Gasteiger partial charge is 0.246 e. The number of hydrogen-bond acceptors (Lipinski definition) is 2. The number of piperazine rings is 1. The Morgan fingerprint density at radius 3 is 2.44 bits per heavy atom. The van der Waals surface area contributed by atoms with Crippen LogP contribution in [0.25, 0.3) is 0 Å². The molecule has 1 rings (SSSR count). The summed E-state index contributed by atoms with van der Waals surface area (Å²) in [6.45, 7) is 10.5. The van der Waals surface area contributed by atoms with Gasteiger partial charge in [-0.2, -0.15) is 0 Å². The molecule has 104 valence electrons. The van der Waals surface area contributed by atoms with E-state index in [0.717, 1.165) is 12.8 Å². The zero-order valence-corrected chi connectivity index (χ0v) is 12.2. The number of amides is 2. The molecule has 4 heteroatoms. The first kappa shape index (κ1) is 15.0. The molecule has 0 aromatic rings. The molecular weight excluding hydrogens is 228 g/mol. The highest BCUT2D eigenvalue weighted by Gasteiger charge is 2.45. The molecule has 0 spiro atoms. The second-order valence-corrected chi connectivity index (χ2v) is 6.06. The van der Waals surface area contributed by atoms with E-state index in [2.05, 4.69) is 26.1 Å². The summed E-state index contributed by atoms with van der Waals surface area (Å²) in [6, 6.07) is -0.345. The first-order valence-electron chi connectivity index (χ1n) is 6.93. The minimum Gasteiger partial charge on any atom is -0.342 e. The molecule has 1 saturated heterocycles. The van der Waals surface area contributed by atoms with Crippen molar-refractivity contribution in [2.75, 3.05) is 6.54 Å². The largest absolute Gasteiger partial charge is 0.342 e. The zero-order chi connectivity index (χ0) is 13.9. The summed E-state index contributed by atoms with van der Waals surface area (Å²) in [7, 11) is 0. The van der Waals surface area contributed by atoms with Gasteiger partial charge in [0.05, 0.1) is 0 Å². The fourth-order valence-electron chi connectivity index (χ4n) is 2.32. The van der Waals surface area contributed by atoms with Gasteiger partial charge >= 0.3 is 0 Å². The molecule has 1 aliphatic heterocycles. The predicted octanol–water partition coefficient (Wildman–Crippen LogP) is 1.94. The van der Waals surface area contributed by atoms with Gasteiger partial charge in [-0.15, -0.1) is 0 Å². The van der Waals surface area contributed by atoms with Crippen molar-refractivity contribution in [2.45, 2.75) is 65.5 Å². The zero-order valence-electron chi connectivity index (χ0n) is 12.2. The third-order valence-corrected chi connectivity index (χ3v) is 3.54. The van der Waals surface area contributed by atoms with E-state index in [9.17, 15) is 9.59 Å². The predicted molar refractivity (Wildman–Crippen MR) is 72.1 cm³/mol. The molecule has 4 nitrogen and oxygen atoms in total. The summed E-state index contributed by atoms with van der Waals surface area (Å²) < 4.78 is 0. The average Bonchev–Trinajstić information content (AvgIpc) is 2.25. The van der Waals surface area contributed by atoms with Crippen LogP contribution in [0.5, 0.6) is 0 Å². The van der Waals surface area contributed by atoms with Crippen molar-refractivity contribution in [2.24, 2.45) is 5.92 Å². The van der Waals surface area contributed by atoms with Gasteiger partial charge in [0.1, 0.15) is 11.6 Å². The van der Waals surface area contributed by atoms with E-state index in [4.69, 9.17) is 0 Å². The molecule has 1 fully saturated rings. The molecule has 0 saturated carbocycles. The van der Waals surface area contributed by atoms with Crippen molar-refractivity contribution in [3.05, 3.63) is 0 Å². The second-order valence-electron chi connectivity index (χ2n) is 6.06. The first-order valence-corrected chi connectivity index (χ1v) is 6.93. The topological polar surface area (TPSA) is 49.4 Å². The quantitative estimate of drug-likeness (QED) is 0.815. The van der Waals surface area contributed by atoms with Gasteiger partial charge in [-0.3, -0.25) is 9.59 Å². The molecule has 18 heavy (non-hydrogen) atoms. The van der Waals surface area contributed by atoms with Crippen molar-refractivity contribution in [1.29, 1.82) is 0 Å². The van der Waals surface area contributed by atoms with Crippen molar-refractivity contribution in [3.63, 3.8) is 0 Å². The van der Waals surface area contributed by atoms with Crippen LogP contribution < -0.4 is 5.32 Å². The molecule has 0 aromatic heterocycles. The lowest BCUT2D eigenvalue weighted by Gasteiger charge is -2.44. The lowest BCUT2D eigenvalue weighted by Crippen LogP contribution is -2.68. The van der Waals surface area contributed by atoms with Crippen LogP contribution in [-0.4, -0.2) is 34.8 Å². The van der Waals surface area contributed by atoms with E-state index >= 15 is 0 Å². The Labute approximate surface area is 110 Å². The lowest BCUT2D eigenvalue weighted by atomic mass is 9.92. The van der Waals surface area contributed by atoms with Gasteiger partial charge in [0.15, 0.2) is 0 Å². The van der Waals surface area contributed by atoms with Crippen molar-refractivity contribution in [3.8, 4) is 0 Å². The fraction of sp³-hybridized carbons (Fsp3) is 0.857. The number of carbonyl (C=O) groups is 2. The summed E-state index contributed by atoms with van der Waals surface area (Å²) in [5.74, 6) is 0.430. The molecule has 0 radical (unpaired) electrons. The Bertz CT molecular complexity index is 324. The Morgan fingerprint density at radius 1 is 1.33 bits per heavy atom. The molecule has 1 N–H and O–H groups in total. The third-order valence-electron chi connectivity index (χ3n) is 3.54. The monoisotopic (exact) mass is 254 g/mol. The third kappa shape index (κ3) is 3.03. The van der Waals surface area contributed by atoms with Crippen LogP contribution >= 0.6 is 0 Å². The number of hydrogen-bond donors (Lipinski definition) is 1. The van der Waals surface area contributed by atoms with Crippen molar-refractivity contribution in [1.82, 2.24) is 10.2 Å². The summed E-state index contributed by atoms with van der Waals surface area (Å²) in [5, 5.41) is 2.86. The van der Waals surface area contributed by atoms with Crippen LogP contribution in [0.15, 0.2) is 0 Å². The normalized spacial score (nSPS) is 23.4. The van der Waals surface area contributed by atoms with Crippen molar-refractivity contribution < 1.29 is 9.59 Å². The highest BCUT2D eigenvalue weighted by atomic mass is 16.2. The van der Waals surface area contributed by atoms with Gasteiger partial charge in [-0.1, -0.05) is 27.2 Å². The number of nitrogens with one attached hydrogen (secondary N) is 1. The van der Waals surface area contributed by atoms with E-state index < -0.39 is 5.54 Å². The van der Waals surface area contributed by atoms with E-state index in [1.807, 2.05) is 13.8 Å². The van der Waals surface area contributed by atoms with Crippen LogP contribution in [0.2, 0.25) is 0 Å². The summed E-state index contributed by atoms with van der Waals surface area (Å²) >= 11 is 0. The van der Waals surface area contributed by atoms with E-state index in [-0.39, 0.29) is 17.9 Å². The molecular formula is C14H26N2O2. The molecule has 0 bridgehead atoms. The molecule has 1 aliphatic rings. The maximum Gasteiger partial charge on any atom is 0.246 e.